The summed E-state index contributed by atoms with van der Waals surface area (Å²) in [6.45, 7) is 2.79. The lowest BCUT2D eigenvalue weighted by atomic mass is 10.1. The molecule has 0 radical (unpaired) electrons. The maximum atomic E-state index is 12.6. The molecule has 0 fully saturated rings. The Labute approximate surface area is 171 Å². The molecule has 0 aliphatic rings. The summed E-state index contributed by atoms with van der Waals surface area (Å²) in [5, 5.41) is 2.74. The summed E-state index contributed by atoms with van der Waals surface area (Å²) in [5.41, 5.74) is 1.40. The van der Waals surface area contributed by atoms with E-state index in [1.54, 1.807) is 0 Å². The number of rotatable bonds is 6. The molecule has 0 spiro atoms. The molecule has 2 aromatic rings. The van der Waals surface area contributed by atoms with Crippen LogP contribution in [0.4, 0.5) is 18.9 Å². The lowest BCUT2D eigenvalue weighted by Gasteiger charge is -2.18. The van der Waals surface area contributed by atoms with Gasteiger partial charge in [-0.3, -0.25) is 9.59 Å². The Morgan fingerprint density at radius 3 is 2.10 bits per heavy atom. The molecule has 1 N–H and O–H groups in total. The molecular formula is C21H21F3N2O4. The summed E-state index contributed by atoms with van der Waals surface area (Å²) < 4.78 is 42.5. The first-order chi connectivity index (χ1) is 14.0. The zero-order chi connectivity index (χ0) is 22.5. The molecule has 0 unspecified atom stereocenters. The summed E-state index contributed by atoms with van der Waals surface area (Å²) in [7, 11) is 1.37. The number of amides is 2. The van der Waals surface area contributed by atoms with E-state index in [2.05, 4.69) is 5.32 Å². The van der Waals surface area contributed by atoms with Crippen LogP contribution in [-0.2, 0) is 20.5 Å². The molecule has 0 atom stereocenters. The van der Waals surface area contributed by atoms with Crippen molar-refractivity contribution in [3.63, 3.8) is 0 Å². The van der Waals surface area contributed by atoms with Crippen LogP contribution in [0.15, 0.2) is 42.5 Å². The average Bonchev–Trinajstić information content (AvgIpc) is 2.68. The maximum absolute atomic E-state index is 12.6. The Bertz CT molecular complexity index is 920. The molecule has 2 aromatic carbocycles. The second kappa shape index (κ2) is 9.43. The zero-order valence-corrected chi connectivity index (χ0v) is 16.7. The molecular weight excluding hydrogens is 401 g/mol. The van der Waals surface area contributed by atoms with E-state index in [0.717, 1.165) is 40.3 Å². The van der Waals surface area contributed by atoms with Gasteiger partial charge in [0.15, 0.2) is 6.61 Å². The van der Waals surface area contributed by atoms with Crippen LogP contribution in [-0.4, -0.2) is 42.9 Å². The molecule has 2 rings (SSSR count). The van der Waals surface area contributed by atoms with Crippen LogP contribution in [0.5, 0.6) is 0 Å². The van der Waals surface area contributed by atoms with Crippen LogP contribution in [0.1, 0.15) is 27.0 Å². The normalized spacial score (nSPS) is 11.0. The van der Waals surface area contributed by atoms with Gasteiger partial charge in [0.25, 0.3) is 5.91 Å². The van der Waals surface area contributed by atoms with E-state index in [9.17, 15) is 27.6 Å². The highest BCUT2D eigenvalue weighted by molar-refractivity contribution is 5.96. The average molecular weight is 422 g/mol. The van der Waals surface area contributed by atoms with E-state index in [-0.39, 0.29) is 12.1 Å². The van der Waals surface area contributed by atoms with Gasteiger partial charge in [0.2, 0.25) is 5.91 Å². The van der Waals surface area contributed by atoms with Crippen LogP contribution in [0.2, 0.25) is 0 Å². The number of likely N-dealkylation sites (N-methyl/N-ethyl adjacent to an activating group) is 1. The molecule has 0 aliphatic heterocycles. The fraction of sp³-hybridized carbons (Fsp3) is 0.286. The van der Waals surface area contributed by atoms with Crippen LogP contribution in [0, 0.1) is 13.8 Å². The van der Waals surface area contributed by atoms with Crippen molar-refractivity contribution < 1.29 is 32.3 Å². The van der Waals surface area contributed by atoms with Crippen molar-refractivity contribution in [1.82, 2.24) is 4.90 Å². The van der Waals surface area contributed by atoms with Crippen molar-refractivity contribution in [2.75, 3.05) is 25.5 Å². The third-order valence-corrected chi connectivity index (χ3v) is 4.33. The molecule has 0 saturated heterocycles. The first-order valence-corrected chi connectivity index (χ1v) is 8.93. The lowest BCUT2D eigenvalue weighted by Crippen LogP contribution is -2.37. The number of nitrogens with zero attached hydrogens (tertiary/aromatic N) is 1. The van der Waals surface area contributed by atoms with E-state index in [4.69, 9.17) is 4.74 Å². The summed E-state index contributed by atoms with van der Waals surface area (Å²) in [4.78, 5) is 37.3. The zero-order valence-electron chi connectivity index (χ0n) is 16.7. The smallest absolute Gasteiger partial charge is 0.416 e. The van der Waals surface area contributed by atoms with Crippen LogP contribution in [0.3, 0.4) is 0 Å². The highest BCUT2D eigenvalue weighted by Gasteiger charge is 2.30. The monoisotopic (exact) mass is 422 g/mol. The van der Waals surface area contributed by atoms with E-state index < -0.39 is 36.1 Å². The van der Waals surface area contributed by atoms with Crippen molar-refractivity contribution >= 4 is 23.5 Å². The van der Waals surface area contributed by atoms with Crippen molar-refractivity contribution in [3.05, 3.63) is 64.7 Å². The van der Waals surface area contributed by atoms with Gasteiger partial charge in [0.05, 0.1) is 17.7 Å². The third kappa shape index (κ3) is 6.07. The number of para-hydroxylation sites is 1. The number of benzene rings is 2. The van der Waals surface area contributed by atoms with Gasteiger partial charge in [-0.05, 0) is 49.2 Å². The van der Waals surface area contributed by atoms with Crippen molar-refractivity contribution in [2.24, 2.45) is 0 Å². The van der Waals surface area contributed by atoms with Gasteiger partial charge < -0.3 is 15.0 Å². The Kier molecular flexibility index (Phi) is 7.20. The number of aryl methyl sites for hydroxylation is 2. The maximum Gasteiger partial charge on any atom is 0.416 e. The Hall–Kier alpha value is -3.36. The van der Waals surface area contributed by atoms with Gasteiger partial charge in [0.1, 0.15) is 0 Å². The first-order valence-electron chi connectivity index (χ1n) is 8.93. The number of ether oxygens (including phenoxy) is 1. The summed E-state index contributed by atoms with van der Waals surface area (Å²) in [6.07, 6.45) is -4.52. The van der Waals surface area contributed by atoms with E-state index >= 15 is 0 Å². The van der Waals surface area contributed by atoms with Crippen molar-refractivity contribution in [2.45, 2.75) is 20.0 Å². The molecule has 6 nitrogen and oxygen atoms in total. The minimum absolute atomic E-state index is 0.119. The second-order valence-corrected chi connectivity index (χ2v) is 6.72. The molecule has 0 aromatic heterocycles. The predicted molar refractivity (Wildman–Crippen MR) is 104 cm³/mol. The molecule has 9 heteroatoms. The largest absolute Gasteiger partial charge is 0.452 e. The van der Waals surface area contributed by atoms with Crippen LogP contribution < -0.4 is 5.32 Å². The van der Waals surface area contributed by atoms with Gasteiger partial charge in [-0.1, -0.05) is 18.2 Å². The Morgan fingerprint density at radius 1 is 1.00 bits per heavy atom. The number of hydrogen-bond donors (Lipinski definition) is 1. The van der Waals surface area contributed by atoms with Crippen LogP contribution in [0.25, 0.3) is 0 Å². The minimum atomic E-state index is -4.52. The SMILES string of the molecule is Cc1cccc(C)c1NC(=O)CN(C)C(=O)COC(=O)c1ccc(C(F)(F)F)cc1. The highest BCUT2D eigenvalue weighted by atomic mass is 19.4. The van der Waals surface area contributed by atoms with Crippen LogP contribution >= 0.6 is 0 Å². The molecule has 160 valence electrons. The molecule has 0 bridgehead atoms. The number of carbonyl (C=O) groups excluding carboxylic acids is 3. The minimum Gasteiger partial charge on any atom is -0.452 e. The summed E-state index contributed by atoms with van der Waals surface area (Å²) in [5.74, 6) is -1.99. The fourth-order valence-electron chi connectivity index (χ4n) is 2.61. The number of hydrogen-bond acceptors (Lipinski definition) is 4. The quantitative estimate of drug-likeness (QED) is 0.722. The number of carbonyl (C=O) groups is 3. The number of esters is 1. The summed E-state index contributed by atoms with van der Waals surface area (Å²) >= 11 is 0. The number of nitrogens with one attached hydrogen (secondary N) is 1. The Morgan fingerprint density at radius 2 is 1.57 bits per heavy atom. The van der Waals surface area contributed by atoms with Gasteiger partial charge in [-0.25, -0.2) is 4.79 Å². The molecule has 0 heterocycles. The van der Waals surface area contributed by atoms with Gasteiger partial charge >= 0.3 is 12.1 Å². The second-order valence-electron chi connectivity index (χ2n) is 6.72. The van der Waals surface area contributed by atoms with Crippen molar-refractivity contribution in [1.29, 1.82) is 0 Å². The molecule has 2 amide bonds. The topological polar surface area (TPSA) is 75.7 Å². The van der Waals surface area contributed by atoms with Gasteiger partial charge in [-0.2, -0.15) is 13.2 Å². The molecule has 30 heavy (non-hydrogen) atoms. The Balaban J connectivity index is 1.86. The van der Waals surface area contributed by atoms with E-state index in [0.29, 0.717) is 5.69 Å². The standard InChI is InChI=1S/C21H21F3N2O4/c1-13-5-4-6-14(2)19(13)25-17(27)11-26(3)18(28)12-30-20(29)15-7-9-16(10-8-15)21(22,23)24/h4-10H,11-12H2,1-3H3,(H,25,27). The van der Waals surface area contributed by atoms with Crippen molar-refractivity contribution in [3.8, 4) is 0 Å². The number of anilines is 1. The molecule has 0 saturated carbocycles. The first kappa shape index (κ1) is 22.9. The van der Waals surface area contributed by atoms with E-state index in [1.165, 1.54) is 7.05 Å². The third-order valence-electron chi connectivity index (χ3n) is 4.33. The van der Waals surface area contributed by atoms with Gasteiger partial charge in [-0.15, -0.1) is 0 Å². The highest BCUT2D eigenvalue weighted by Crippen LogP contribution is 2.29. The van der Waals surface area contributed by atoms with E-state index in [1.807, 2.05) is 32.0 Å². The van der Waals surface area contributed by atoms with Gasteiger partial charge in [0, 0.05) is 12.7 Å². The fourth-order valence-corrected chi connectivity index (χ4v) is 2.61. The molecule has 0 aliphatic carbocycles. The summed E-state index contributed by atoms with van der Waals surface area (Å²) in [6, 6.07) is 9.00. The predicted octanol–water partition coefficient (Wildman–Crippen LogP) is 3.58. The lowest BCUT2D eigenvalue weighted by molar-refractivity contribution is -0.137. The number of halogens is 3. The number of alkyl halides is 3.